The molecule has 3 nitrogen and oxygen atoms in total. The summed E-state index contributed by atoms with van der Waals surface area (Å²) in [4.78, 5) is 11.4. The van der Waals surface area contributed by atoms with Crippen molar-refractivity contribution in [2.75, 3.05) is 0 Å². The standard InChI is InChI=1S/C15H22O3/c1-9(2)15(18,14(16)17)12(5)13-7-6-10(3)8-11(13)4/h6-9,12,18H,1-5H3,(H,16,17). The number of aryl methyl sites for hydroxylation is 2. The Kier molecular flexibility index (Phi) is 4.17. The molecule has 1 aromatic carbocycles. The molecule has 2 atom stereocenters. The third-order valence-corrected chi connectivity index (χ3v) is 3.77. The van der Waals surface area contributed by atoms with Gasteiger partial charge in [0.05, 0.1) is 0 Å². The van der Waals surface area contributed by atoms with Crippen LogP contribution < -0.4 is 0 Å². The minimum absolute atomic E-state index is 0.356. The van der Waals surface area contributed by atoms with Crippen molar-refractivity contribution < 1.29 is 15.0 Å². The zero-order valence-electron chi connectivity index (χ0n) is 11.7. The van der Waals surface area contributed by atoms with Crippen molar-refractivity contribution in [2.24, 2.45) is 5.92 Å². The van der Waals surface area contributed by atoms with Crippen LogP contribution in [-0.2, 0) is 4.79 Å². The van der Waals surface area contributed by atoms with Crippen LogP contribution in [0.15, 0.2) is 18.2 Å². The Morgan fingerprint density at radius 2 is 1.78 bits per heavy atom. The van der Waals surface area contributed by atoms with Gasteiger partial charge in [0.25, 0.3) is 0 Å². The molecule has 100 valence electrons. The highest BCUT2D eigenvalue weighted by Gasteiger charge is 2.45. The van der Waals surface area contributed by atoms with Gasteiger partial charge < -0.3 is 10.2 Å². The van der Waals surface area contributed by atoms with Crippen LogP contribution in [-0.4, -0.2) is 21.8 Å². The molecule has 3 heteroatoms. The molecule has 1 aromatic rings. The van der Waals surface area contributed by atoms with E-state index in [1.807, 2.05) is 32.0 Å². The molecule has 0 amide bonds. The van der Waals surface area contributed by atoms with E-state index in [0.717, 1.165) is 16.7 Å². The van der Waals surface area contributed by atoms with Crippen LogP contribution in [0.4, 0.5) is 0 Å². The lowest BCUT2D eigenvalue weighted by molar-refractivity contribution is -0.166. The minimum Gasteiger partial charge on any atom is -0.479 e. The number of aliphatic carboxylic acids is 1. The maximum absolute atomic E-state index is 11.4. The fourth-order valence-corrected chi connectivity index (χ4v) is 2.48. The molecule has 0 saturated carbocycles. The van der Waals surface area contributed by atoms with E-state index in [-0.39, 0.29) is 5.92 Å². The van der Waals surface area contributed by atoms with Crippen LogP contribution in [0.1, 0.15) is 43.4 Å². The van der Waals surface area contributed by atoms with Gasteiger partial charge in [0.15, 0.2) is 5.60 Å². The van der Waals surface area contributed by atoms with Crippen LogP contribution >= 0.6 is 0 Å². The molecule has 0 aliphatic carbocycles. The molecule has 18 heavy (non-hydrogen) atoms. The number of carboxylic acids is 1. The van der Waals surface area contributed by atoms with E-state index in [0.29, 0.717) is 0 Å². The Labute approximate surface area is 108 Å². The third-order valence-electron chi connectivity index (χ3n) is 3.77. The van der Waals surface area contributed by atoms with Crippen molar-refractivity contribution in [3.05, 3.63) is 34.9 Å². The Hall–Kier alpha value is -1.35. The molecule has 0 spiro atoms. The van der Waals surface area contributed by atoms with Gasteiger partial charge in [-0.1, -0.05) is 44.5 Å². The minimum atomic E-state index is -1.74. The normalized spacial score (nSPS) is 16.4. The number of rotatable bonds is 4. The van der Waals surface area contributed by atoms with Crippen molar-refractivity contribution >= 4 is 5.97 Å². The molecule has 0 saturated heterocycles. The van der Waals surface area contributed by atoms with E-state index in [4.69, 9.17) is 0 Å². The van der Waals surface area contributed by atoms with Gasteiger partial charge in [0.2, 0.25) is 0 Å². The third kappa shape index (κ3) is 2.41. The van der Waals surface area contributed by atoms with Gasteiger partial charge in [0.1, 0.15) is 0 Å². The van der Waals surface area contributed by atoms with E-state index in [9.17, 15) is 15.0 Å². The quantitative estimate of drug-likeness (QED) is 0.864. The summed E-state index contributed by atoms with van der Waals surface area (Å²) in [6.07, 6.45) is 0. The lowest BCUT2D eigenvalue weighted by Crippen LogP contribution is -2.48. The fraction of sp³-hybridized carbons (Fsp3) is 0.533. The molecular formula is C15H22O3. The first-order valence-corrected chi connectivity index (χ1v) is 6.24. The van der Waals surface area contributed by atoms with Crippen LogP contribution in [0, 0.1) is 19.8 Å². The van der Waals surface area contributed by atoms with Crippen LogP contribution in [0.5, 0.6) is 0 Å². The van der Waals surface area contributed by atoms with Crippen molar-refractivity contribution in [3.63, 3.8) is 0 Å². The lowest BCUT2D eigenvalue weighted by atomic mass is 9.75. The Morgan fingerprint density at radius 1 is 1.22 bits per heavy atom. The topological polar surface area (TPSA) is 57.5 Å². The number of carboxylic acid groups (broad SMARTS) is 1. The van der Waals surface area contributed by atoms with E-state index in [2.05, 4.69) is 0 Å². The molecular weight excluding hydrogens is 228 g/mol. The second kappa shape index (κ2) is 5.11. The van der Waals surface area contributed by atoms with Gasteiger partial charge in [0, 0.05) is 5.92 Å². The molecule has 0 aliphatic heterocycles. The summed E-state index contributed by atoms with van der Waals surface area (Å²) < 4.78 is 0. The summed E-state index contributed by atoms with van der Waals surface area (Å²) >= 11 is 0. The highest BCUT2D eigenvalue weighted by Crippen LogP contribution is 2.36. The smallest absolute Gasteiger partial charge is 0.336 e. The molecule has 0 fully saturated rings. The van der Waals surface area contributed by atoms with E-state index in [1.165, 1.54) is 0 Å². The predicted molar refractivity (Wildman–Crippen MR) is 71.8 cm³/mol. The fourth-order valence-electron chi connectivity index (χ4n) is 2.48. The van der Waals surface area contributed by atoms with E-state index in [1.54, 1.807) is 20.8 Å². The van der Waals surface area contributed by atoms with Gasteiger partial charge >= 0.3 is 5.97 Å². The summed E-state index contributed by atoms with van der Waals surface area (Å²) in [6.45, 7) is 9.17. The largest absolute Gasteiger partial charge is 0.479 e. The maximum atomic E-state index is 11.4. The molecule has 0 heterocycles. The number of benzene rings is 1. The number of carbonyl (C=O) groups is 1. The zero-order chi connectivity index (χ0) is 14.1. The van der Waals surface area contributed by atoms with Crippen LogP contribution in [0.2, 0.25) is 0 Å². The Morgan fingerprint density at radius 3 is 2.17 bits per heavy atom. The summed E-state index contributed by atoms with van der Waals surface area (Å²) in [5.74, 6) is -1.97. The second-order valence-corrected chi connectivity index (χ2v) is 5.37. The van der Waals surface area contributed by atoms with Crippen molar-refractivity contribution in [3.8, 4) is 0 Å². The SMILES string of the molecule is Cc1ccc(C(C)C(O)(C(=O)O)C(C)C)c(C)c1. The lowest BCUT2D eigenvalue weighted by Gasteiger charge is -2.34. The first-order chi connectivity index (χ1) is 8.21. The average Bonchev–Trinajstić information content (AvgIpc) is 2.26. The maximum Gasteiger partial charge on any atom is 0.336 e. The zero-order valence-corrected chi connectivity index (χ0v) is 11.7. The monoisotopic (exact) mass is 250 g/mol. The average molecular weight is 250 g/mol. The molecule has 0 aromatic heterocycles. The van der Waals surface area contributed by atoms with Crippen molar-refractivity contribution in [1.82, 2.24) is 0 Å². The second-order valence-electron chi connectivity index (χ2n) is 5.37. The van der Waals surface area contributed by atoms with Gasteiger partial charge in [-0.2, -0.15) is 0 Å². The summed E-state index contributed by atoms with van der Waals surface area (Å²) in [6, 6.07) is 5.86. The van der Waals surface area contributed by atoms with Gasteiger partial charge in [-0.3, -0.25) is 0 Å². The van der Waals surface area contributed by atoms with Gasteiger partial charge in [-0.15, -0.1) is 0 Å². The molecule has 0 radical (unpaired) electrons. The van der Waals surface area contributed by atoms with Crippen LogP contribution in [0.3, 0.4) is 0 Å². The molecule has 0 aliphatic rings. The van der Waals surface area contributed by atoms with Crippen LogP contribution in [0.25, 0.3) is 0 Å². The van der Waals surface area contributed by atoms with E-state index >= 15 is 0 Å². The number of hydrogen-bond donors (Lipinski definition) is 2. The molecule has 1 rings (SSSR count). The molecule has 2 N–H and O–H groups in total. The molecule has 0 bridgehead atoms. The van der Waals surface area contributed by atoms with Gasteiger partial charge in [-0.05, 0) is 30.9 Å². The van der Waals surface area contributed by atoms with E-state index < -0.39 is 17.5 Å². The summed E-state index contributed by atoms with van der Waals surface area (Å²) in [7, 11) is 0. The first-order valence-electron chi connectivity index (χ1n) is 6.24. The highest BCUT2D eigenvalue weighted by molar-refractivity contribution is 5.79. The molecule has 2 unspecified atom stereocenters. The van der Waals surface area contributed by atoms with Gasteiger partial charge in [-0.25, -0.2) is 4.79 Å². The van der Waals surface area contributed by atoms with Crippen molar-refractivity contribution in [2.45, 2.75) is 46.1 Å². The Bertz CT molecular complexity index is 451. The summed E-state index contributed by atoms with van der Waals surface area (Å²) in [5.41, 5.74) is 1.30. The highest BCUT2D eigenvalue weighted by atomic mass is 16.4. The first kappa shape index (κ1) is 14.7. The summed E-state index contributed by atoms with van der Waals surface area (Å²) in [5, 5.41) is 19.8. The van der Waals surface area contributed by atoms with Crippen molar-refractivity contribution in [1.29, 1.82) is 0 Å². The number of hydrogen-bond acceptors (Lipinski definition) is 2. The predicted octanol–water partition coefficient (Wildman–Crippen LogP) is 2.88. The Balaban J connectivity index is 3.27. The number of aliphatic hydroxyl groups is 1.